The first-order valence-corrected chi connectivity index (χ1v) is 8.29. The van der Waals surface area contributed by atoms with Gasteiger partial charge < -0.3 is 5.32 Å². The summed E-state index contributed by atoms with van der Waals surface area (Å²) in [6, 6.07) is 5.43. The van der Waals surface area contributed by atoms with E-state index in [2.05, 4.69) is 14.9 Å². The molecule has 0 bridgehead atoms. The van der Waals surface area contributed by atoms with Gasteiger partial charge in [0.25, 0.3) is 15.9 Å². The molecule has 0 atom stereocenters. The highest BCUT2D eigenvalue weighted by molar-refractivity contribution is 7.90. The Kier molecular flexibility index (Phi) is 4.52. The minimum absolute atomic E-state index is 0.0728. The molecule has 0 aliphatic heterocycles. The fraction of sp³-hybridized carbons (Fsp3) is 0.167. The van der Waals surface area contributed by atoms with E-state index < -0.39 is 15.9 Å². The lowest BCUT2D eigenvalue weighted by Crippen LogP contribution is -2.28. The molecular weight excluding hydrogens is 328 g/mol. The smallest absolute Gasteiger partial charge is 0.269 e. The lowest BCUT2D eigenvalue weighted by atomic mass is 10.3. The van der Waals surface area contributed by atoms with Crippen molar-refractivity contribution >= 4 is 39.1 Å². The van der Waals surface area contributed by atoms with Gasteiger partial charge in [-0.1, -0.05) is 4.49 Å². The Labute approximate surface area is 130 Å². The Morgan fingerprint density at radius 3 is 2.32 bits per heavy atom. The number of nitrogens with zero attached hydrogens (tertiary/aromatic N) is 2. The van der Waals surface area contributed by atoms with Gasteiger partial charge in [-0.2, -0.15) is 0 Å². The van der Waals surface area contributed by atoms with E-state index in [1.807, 2.05) is 4.72 Å². The highest BCUT2D eigenvalue weighted by Crippen LogP contribution is 2.16. The molecule has 8 nitrogen and oxygen atoms in total. The molecule has 0 fully saturated rings. The maximum absolute atomic E-state index is 12.0. The van der Waals surface area contributed by atoms with Gasteiger partial charge in [-0.25, -0.2) is 13.1 Å². The third-order valence-corrected chi connectivity index (χ3v) is 4.83. The van der Waals surface area contributed by atoms with Crippen molar-refractivity contribution in [3.8, 4) is 0 Å². The molecule has 1 heterocycles. The normalized spacial score (nSPS) is 11.0. The van der Waals surface area contributed by atoms with Crippen LogP contribution in [0.2, 0.25) is 0 Å². The van der Waals surface area contributed by atoms with E-state index in [1.54, 1.807) is 6.92 Å². The standard InChI is InChI=1S/C12H12N4O4S2/c1-7-11(21-16-14-7)12(18)13-9-3-5-10(6-4-9)22(19,20)15-8(2)17/h3-6H,1-2H3,(H,13,18)(H,15,17). The molecule has 0 radical (unpaired) electrons. The first-order valence-electron chi connectivity index (χ1n) is 6.03. The number of amides is 2. The molecule has 2 N–H and O–H groups in total. The molecule has 0 aliphatic rings. The third-order valence-electron chi connectivity index (χ3n) is 2.56. The van der Waals surface area contributed by atoms with Gasteiger partial charge in [0, 0.05) is 12.6 Å². The van der Waals surface area contributed by atoms with Gasteiger partial charge in [0.2, 0.25) is 5.91 Å². The second-order valence-electron chi connectivity index (χ2n) is 4.33. The number of aromatic nitrogens is 2. The van der Waals surface area contributed by atoms with Crippen molar-refractivity contribution in [2.24, 2.45) is 0 Å². The number of carbonyl (C=O) groups is 2. The van der Waals surface area contributed by atoms with Crippen LogP contribution in [0.25, 0.3) is 0 Å². The zero-order chi connectivity index (χ0) is 16.3. The summed E-state index contributed by atoms with van der Waals surface area (Å²) in [7, 11) is -3.88. The third kappa shape index (κ3) is 3.65. The average molecular weight is 340 g/mol. The van der Waals surface area contributed by atoms with Crippen molar-refractivity contribution in [3.63, 3.8) is 0 Å². The average Bonchev–Trinajstić information content (AvgIpc) is 2.84. The maximum atomic E-state index is 12.0. The Morgan fingerprint density at radius 1 is 1.18 bits per heavy atom. The molecule has 2 amide bonds. The summed E-state index contributed by atoms with van der Waals surface area (Å²) in [6.45, 7) is 2.78. The zero-order valence-corrected chi connectivity index (χ0v) is 13.3. The molecule has 0 saturated heterocycles. The number of aryl methyl sites for hydroxylation is 1. The minimum Gasteiger partial charge on any atom is -0.321 e. The number of nitrogens with one attached hydrogen (secondary N) is 2. The van der Waals surface area contributed by atoms with Gasteiger partial charge in [-0.3, -0.25) is 9.59 Å². The Balaban J connectivity index is 2.14. The van der Waals surface area contributed by atoms with Crippen molar-refractivity contribution < 1.29 is 18.0 Å². The number of hydrogen-bond acceptors (Lipinski definition) is 7. The van der Waals surface area contributed by atoms with Crippen LogP contribution >= 0.6 is 11.5 Å². The van der Waals surface area contributed by atoms with E-state index >= 15 is 0 Å². The Hall–Kier alpha value is -2.33. The van der Waals surface area contributed by atoms with Crippen LogP contribution in [0.3, 0.4) is 0 Å². The van der Waals surface area contributed by atoms with E-state index in [9.17, 15) is 18.0 Å². The Bertz CT molecular complexity index is 812. The summed E-state index contributed by atoms with van der Waals surface area (Å²) in [5, 5.41) is 6.36. The zero-order valence-electron chi connectivity index (χ0n) is 11.7. The predicted octanol–water partition coefficient (Wildman–Crippen LogP) is 0.924. The van der Waals surface area contributed by atoms with Gasteiger partial charge in [-0.15, -0.1) is 5.10 Å². The first kappa shape index (κ1) is 16.0. The summed E-state index contributed by atoms with van der Waals surface area (Å²) in [6.07, 6.45) is 0. The summed E-state index contributed by atoms with van der Waals surface area (Å²) >= 11 is 0.975. The second kappa shape index (κ2) is 6.20. The van der Waals surface area contributed by atoms with Gasteiger partial charge in [0.05, 0.1) is 10.6 Å². The number of sulfonamides is 1. The number of benzene rings is 1. The van der Waals surface area contributed by atoms with Crippen LogP contribution in [0, 0.1) is 6.92 Å². The molecule has 1 aromatic heterocycles. The fourth-order valence-corrected chi connectivity index (χ4v) is 3.14. The summed E-state index contributed by atoms with van der Waals surface area (Å²) < 4.78 is 29.1. The topological polar surface area (TPSA) is 118 Å². The van der Waals surface area contributed by atoms with E-state index in [4.69, 9.17) is 0 Å². The molecule has 116 valence electrons. The van der Waals surface area contributed by atoms with E-state index in [0.717, 1.165) is 18.5 Å². The van der Waals surface area contributed by atoms with Crippen molar-refractivity contribution in [3.05, 3.63) is 34.8 Å². The van der Waals surface area contributed by atoms with E-state index in [0.29, 0.717) is 16.3 Å². The fourth-order valence-electron chi connectivity index (χ4n) is 1.59. The van der Waals surface area contributed by atoms with Crippen LogP contribution in [0.5, 0.6) is 0 Å². The van der Waals surface area contributed by atoms with Crippen molar-refractivity contribution in [2.75, 3.05) is 5.32 Å². The van der Waals surface area contributed by atoms with E-state index in [-0.39, 0.29) is 10.8 Å². The summed E-state index contributed by atoms with van der Waals surface area (Å²) in [5.41, 5.74) is 0.937. The van der Waals surface area contributed by atoms with Gasteiger partial charge in [-0.05, 0) is 42.7 Å². The van der Waals surface area contributed by atoms with Crippen molar-refractivity contribution in [1.29, 1.82) is 0 Å². The SMILES string of the molecule is CC(=O)NS(=O)(=O)c1ccc(NC(=O)c2snnc2C)cc1. The number of carbonyl (C=O) groups excluding carboxylic acids is 2. The van der Waals surface area contributed by atoms with Gasteiger partial charge in [0.1, 0.15) is 4.88 Å². The van der Waals surface area contributed by atoms with Crippen molar-refractivity contribution in [2.45, 2.75) is 18.7 Å². The van der Waals surface area contributed by atoms with Gasteiger partial charge in [0.15, 0.2) is 0 Å². The molecule has 1 aromatic carbocycles. The molecule has 0 saturated carbocycles. The number of hydrogen-bond donors (Lipinski definition) is 2. The maximum Gasteiger partial charge on any atom is 0.269 e. The molecule has 0 aliphatic carbocycles. The molecular formula is C12H12N4O4S2. The molecule has 10 heteroatoms. The monoisotopic (exact) mass is 340 g/mol. The van der Waals surface area contributed by atoms with Crippen LogP contribution in [0.1, 0.15) is 22.3 Å². The lowest BCUT2D eigenvalue weighted by molar-refractivity contribution is -0.117. The molecule has 0 spiro atoms. The molecule has 2 rings (SSSR count). The first-order chi connectivity index (χ1) is 10.3. The van der Waals surface area contributed by atoms with Crippen molar-refractivity contribution in [1.82, 2.24) is 14.3 Å². The molecule has 0 unspecified atom stereocenters. The molecule has 2 aromatic rings. The lowest BCUT2D eigenvalue weighted by Gasteiger charge is -2.07. The van der Waals surface area contributed by atoms with Crippen LogP contribution < -0.4 is 10.0 Å². The van der Waals surface area contributed by atoms with Crippen LogP contribution in [0.4, 0.5) is 5.69 Å². The van der Waals surface area contributed by atoms with Crippen LogP contribution in [0.15, 0.2) is 29.2 Å². The van der Waals surface area contributed by atoms with Gasteiger partial charge >= 0.3 is 0 Å². The molecule has 22 heavy (non-hydrogen) atoms. The quantitative estimate of drug-likeness (QED) is 0.854. The number of anilines is 1. The number of rotatable bonds is 4. The van der Waals surface area contributed by atoms with Crippen LogP contribution in [-0.4, -0.2) is 29.8 Å². The highest BCUT2D eigenvalue weighted by Gasteiger charge is 2.16. The minimum atomic E-state index is -3.88. The van der Waals surface area contributed by atoms with E-state index in [1.165, 1.54) is 24.3 Å². The summed E-state index contributed by atoms with van der Waals surface area (Å²) in [4.78, 5) is 23.1. The van der Waals surface area contributed by atoms with Crippen LogP contribution in [-0.2, 0) is 14.8 Å². The summed E-state index contributed by atoms with van der Waals surface area (Å²) in [5.74, 6) is -1.05. The largest absolute Gasteiger partial charge is 0.321 e. The Morgan fingerprint density at radius 2 is 1.82 bits per heavy atom. The predicted molar refractivity (Wildman–Crippen MR) is 80.0 cm³/mol. The highest BCUT2D eigenvalue weighted by atomic mass is 32.2. The second-order valence-corrected chi connectivity index (χ2v) is 6.76.